The zero-order valence-electron chi connectivity index (χ0n) is 16.2. The Morgan fingerprint density at radius 3 is 2.31 bits per heavy atom. The lowest BCUT2D eigenvalue weighted by atomic mass is 9.81. The quantitative estimate of drug-likeness (QED) is 0.578. The lowest BCUT2D eigenvalue weighted by Crippen LogP contribution is -2.45. The maximum absolute atomic E-state index is 12.5. The minimum Gasteiger partial charge on any atom is -0.454 e. The number of amides is 3. The normalized spacial score (nSPS) is 21.9. The molecule has 1 saturated heterocycles. The predicted octanol–water partition coefficient (Wildman–Crippen LogP) is 1.80. The maximum Gasteiger partial charge on any atom is 0.329 e. The number of fused-ring (bicyclic) bond motifs is 1. The van der Waals surface area contributed by atoms with E-state index < -0.39 is 24.5 Å². The highest BCUT2D eigenvalue weighted by atomic mass is 16.5. The molecule has 1 saturated carbocycles. The molecule has 1 aliphatic carbocycles. The minimum absolute atomic E-state index is 0.277. The molecule has 2 aliphatic rings. The summed E-state index contributed by atoms with van der Waals surface area (Å²) >= 11 is 0. The van der Waals surface area contributed by atoms with Gasteiger partial charge in [-0.15, -0.1) is 0 Å². The summed E-state index contributed by atoms with van der Waals surface area (Å²) in [6, 6.07) is 7.72. The molecular formula is C21H23N3O5. The van der Waals surface area contributed by atoms with Gasteiger partial charge in [0.05, 0.1) is 24.3 Å². The molecule has 1 aromatic rings. The van der Waals surface area contributed by atoms with E-state index >= 15 is 0 Å². The highest BCUT2D eigenvalue weighted by molar-refractivity contribution is 6.08. The van der Waals surface area contributed by atoms with Crippen LogP contribution in [0.3, 0.4) is 0 Å². The number of rotatable bonds is 6. The van der Waals surface area contributed by atoms with Crippen LogP contribution in [0.25, 0.3) is 0 Å². The standard InChI is InChI=1S/C21H23N3O5/c1-13(24-19(26)16-4-2-3-5-17(16)20(24)27)21(28)29-12-18(25)23-15-8-6-14(7-9-15)10-11-22/h6-9,13,16-17H,2-5,10,12H2,1H3,(H,23,25)/t13-,16-,17+/m0/s1. The Kier molecular flexibility index (Phi) is 6.27. The van der Waals surface area contributed by atoms with Crippen molar-refractivity contribution in [1.29, 1.82) is 5.26 Å². The number of nitrogens with one attached hydrogen (secondary N) is 1. The fourth-order valence-electron chi connectivity index (χ4n) is 3.93. The van der Waals surface area contributed by atoms with Crippen LogP contribution in [0.15, 0.2) is 24.3 Å². The number of hydrogen-bond acceptors (Lipinski definition) is 6. The van der Waals surface area contributed by atoms with Gasteiger partial charge >= 0.3 is 5.97 Å². The van der Waals surface area contributed by atoms with E-state index in [1.165, 1.54) is 6.92 Å². The fraction of sp³-hybridized carbons (Fsp3) is 0.476. The van der Waals surface area contributed by atoms with E-state index in [2.05, 4.69) is 5.32 Å². The minimum atomic E-state index is -1.06. The van der Waals surface area contributed by atoms with E-state index in [4.69, 9.17) is 10.00 Å². The number of carbonyl (C=O) groups excluding carboxylic acids is 4. The van der Waals surface area contributed by atoms with Crippen LogP contribution in [-0.2, 0) is 30.3 Å². The summed E-state index contributed by atoms with van der Waals surface area (Å²) in [5.41, 5.74) is 1.33. The Morgan fingerprint density at radius 1 is 1.17 bits per heavy atom. The Bertz CT molecular complexity index is 834. The summed E-state index contributed by atoms with van der Waals surface area (Å²) in [5, 5.41) is 11.2. The second kappa shape index (κ2) is 8.86. The van der Waals surface area contributed by atoms with E-state index in [9.17, 15) is 19.2 Å². The van der Waals surface area contributed by atoms with Crippen LogP contribution >= 0.6 is 0 Å². The fourth-order valence-corrected chi connectivity index (χ4v) is 3.93. The van der Waals surface area contributed by atoms with E-state index in [1.807, 2.05) is 6.07 Å². The number of esters is 1. The number of nitrogens with zero attached hydrogens (tertiary/aromatic N) is 2. The van der Waals surface area contributed by atoms with Crippen molar-refractivity contribution in [3.8, 4) is 6.07 Å². The molecule has 3 atom stereocenters. The van der Waals surface area contributed by atoms with Gasteiger partial charge in [0.1, 0.15) is 6.04 Å². The summed E-state index contributed by atoms with van der Waals surface area (Å²) in [7, 11) is 0. The van der Waals surface area contributed by atoms with Crippen LogP contribution < -0.4 is 5.32 Å². The first kappa shape index (κ1) is 20.5. The van der Waals surface area contributed by atoms with Gasteiger partial charge in [-0.25, -0.2) is 4.79 Å². The number of imide groups is 1. The molecule has 0 radical (unpaired) electrons. The van der Waals surface area contributed by atoms with Crippen molar-refractivity contribution in [2.24, 2.45) is 11.8 Å². The molecular weight excluding hydrogens is 374 g/mol. The number of carbonyl (C=O) groups is 4. The van der Waals surface area contributed by atoms with Crippen molar-refractivity contribution in [1.82, 2.24) is 4.90 Å². The van der Waals surface area contributed by atoms with Crippen LogP contribution in [0.1, 0.15) is 38.2 Å². The van der Waals surface area contributed by atoms with Crippen molar-refractivity contribution in [2.45, 2.75) is 45.1 Å². The van der Waals surface area contributed by atoms with E-state index in [-0.39, 0.29) is 30.1 Å². The molecule has 2 fully saturated rings. The molecule has 1 aromatic carbocycles. The number of ether oxygens (including phenoxy) is 1. The van der Waals surface area contributed by atoms with Gasteiger partial charge in [-0.05, 0) is 37.5 Å². The number of anilines is 1. The first-order valence-corrected chi connectivity index (χ1v) is 9.71. The lowest BCUT2D eigenvalue weighted by Gasteiger charge is -2.21. The van der Waals surface area contributed by atoms with E-state index in [1.54, 1.807) is 24.3 Å². The van der Waals surface area contributed by atoms with E-state index in [0.29, 0.717) is 18.5 Å². The number of benzene rings is 1. The van der Waals surface area contributed by atoms with Gasteiger partial charge in [-0.3, -0.25) is 19.3 Å². The predicted molar refractivity (Wildman–Crippen MR) is 102 cm³/mol. The summed E-state index contributed by atoms with van der Waals surface area (Å²) in [6.07, 6.45) is 3.43. The van der Waals surface area contributed by atoms with Crippen molar-refractivity contribution < 1.29 is 23.9 Å². The summed E-state index contributed by atoms with van der Waals surface area (Å²) in [6.45, 7) is 0.924. The van der Waals surface area contributed by atoms with Crippen LogP contribution in [0.2, 0.25) is 0 Å². The van der Waals surface area contributed by atoms with E-state index in [0.717, 1.165) is 23.3 Å². The van der Waals surface area contributed by atoms with Crippen molar-refractivity contribution in [2.75, 3.05) is 11.9 Å². The third kappa shape index (κ3) is 4.45. The second-order valence-corrected chi connectivity index (χ2v) is 7.41. The maximum atomic E-state index is 12.5. The SMILES string of the molecule is C[C@@H](C(=O)OCC(=O)Nc1ccc(CC#N)cc1)N1C(=O)[C@H]2CCCC[C@H]2C1=O. The molecule has 8 heteroatoms. The average molecular weight is 397 g/mol. The Balaban J connectivity index is 1.52. The first-order valence-electron chi connectivity index (χ1n) is 9.71. The second-order valence-electron chi connectivity index (χ2n) is 7.41. The topological polar surface area (TPSA) is 117 Å². The highest BCUT2D eigenvalue weighted by Crippen LogP contribution is 2.38. The molecule has 0 spiro atoms. The average Bonchev–Trinajstić information content (AvgIpc) is 2.98. The highest BCUT2D eigenvalue weighted by Gasteiger charge is 2.51. The number of nitriles is 1. The van der Waals surface area contributed by atoms with Gasteiger partial charge in [0.25, 0.3) is 5.91 Å². The third-order valence-electron chi connectivity index (χ3n) is 5.47. The van der Waals surface area contributed by atoms with Gasteiger partial charge in [0.15, 0.2) is 6.61 Å². The molecule has 1 aliphatic heterocycles. The van der Waals surface area contributed by atoms with Crippen molar-refractivity contribution in [3.05, 3.63) is 29.8 Å². The smallest absolute Gasteiger partial charge is 0.329 e. The largest absolute Gasteiger partial charge is 0.454 e. The molecule has 0 aromatic heterocycles. The molecule has 8 nitrogen and oxygen atoms in total. The zero-order chi connectivity index (χ0) is 21.0. The lowest BCUT2D eigenvalue weighted by molar-refractivity contribution is -0.159. The molecule has 29 heavy (non-hydrogen) atoms. The van der Waals surface area contributed by atoms with Crippen LogP contribution in [0, 0.1) is 23.2 Å². The molecule has 1 N–H and O–H groups in total. The summed E-state index contributed by atoms with van der Waals surface area (Å²) in [4.78, 5) is 50.4. The number of hydrogen-bond donors (Lipinski definition) is 1. The third-order valence-corrected chi connectivity index (χ3v) is 5.47. The van der Waals surface area contributed by atoms with Crippen LogP contribution in [-0.4, -0.2) is 41.2 Å². The van der Waals surface area contributed by atoms with Crippen molar-refractivity contribution >= 4 is 29.4 Å². The molecule has 3 amide bonds. The molecule has 0 unspecified atom stereocenters. The van der Waals surface area contributed by atoms with Gasteiger partial charge in [-0.2, -0.15) is 5.26 Å². The van der Waals surface area contributed by atoms with Crippen LogP contribution in [0.4, 0.5) is 5.69 Å². The van der Waals surface area contributed by atoms with Crippen molar-refractivity contribution in [3.63, 3.8) is 0 Å². The van der Waals surface area contributed by atoms with Gasteiger partial charge < -0.3 is 10.1 Å². The molecule has 152 valence electrons. The first-order chi connectivity index (χ1) is 13.9. The molecule has 0 bridgehead atoms. The Morgan fingerprint density at radius 2 is 1.76 bits per heavy atom. The Labute approximate surface area is 168 Å². The zero-order valence-corrected chi connectivity index (χ0v) is 16.2. The van der Waals surface area contributed by atoms with Crippen LogP contribution in [0.5, 0.6) is 0 Å². The summed E-state index contributed by atoms with van der Waals surface area (Å²) < 4.78 is 5.02. The molecule has 3 rings (SSSR count). The van der Waals surface area contributed by atoms with Gasteiger partial charge in [-0.1, -0.05) is 25.0 Å². The monoisotopic (exact) mass is 397 g/mol. The Hall–Kier alpha value is -3.21. The van der Waals surface area contributed by atoms with Gasteiger partial charge in [0, 0.05) is 5.69 Å². The molecule has 1 heterocycles. The van der Waals surface area contributed by atoms with Gasteiger partial charge in [0.2, 0.25) is 11.8 Å². The summed E-state index contributed by atoms with van der Waals surface area (Å²) in [5.74, 6) is -2.62. The number of likely N-dealkylation sites (tertiary alicyclic amines) is 1.